The lowest BCUT2D eigenvalue weighted by molar-refractivity contribution is 0.102. The van der Waals surface area contributed by atoms with Crippen LogP contribution in [0.1, 0.15) is 10.4 Å². The monoisotopic (exact) mass is 271 g/mol. The van der Waals surface area contributed by atoms with Crippen LogP contribution in [0.2, 0.25) is 0 Å². The summed E-state index contributed by atoms with van der Waals surface area (Å²) >= 11 is 0. The number of anilines is 2. The van der Waals surface area contributed by atoms with Crippen LogP contribution in [0.15, 0.2) is 36.5 Å². The molecule has 0 unspecified atom stereocenters. The Hall–Kier alpha value is -2.76. The van der Waals surface area contributed by atoms with Crippen molar-refractivity contribution in [3.05, 3.63) is 42.1 Å². The first kappa shape index (κ1) is 12.3. The Morgan fingerprint density at radius 2 is 2.00 bits per heavy atom. The van der Waals surface area contributed by atoms with Crippen molar-refractivity contribution in [1.82, 2.24) is 4.98 Å². The van der Waals surface area contributed by atoms with Crippen molar-refractivity contribution in [3.8, 4) is 11.5 Å². The van der Waals surface area contributed by atoms with Crippen molar-refractivity contribution in [3.63, 3.8) is 0 Å². The molecule has 1 aliphatic heterocycles. The SMILES string of the molecule is Nc1ncccc1C(=O)Nc1ccc2c(c1)OCCO2. The molecule has 3 rings (SSSR count). The number of carbonyl (C=O) groups excluding carboxylic acids is 1. The van der Waals surface area contributed by atoms with E-state index < -0.39 is 0 Å². The van der Waals surface area contributed by atoms with Crippen molar-refractivity contribution in [1.29, 1.82) is 0 Å². The van der Waals surface area contributed by atoms with Crippen molar-refractivity contribution in [2.24, 2.45) is 0 Å². The maximum Gasteiger partial charge on any atom is 0.259 e. The number of pyridine rings is 1. The van der Waals surface area contributed by atoms with Gasteiger partial charge in [-0.1, -0.05) is 0 Å². The predicted octanol–water partition coefficient (Wildman–Crippen LogP) is 1.69. The van der Waals surface area contributed by atoms with Gasteiger partial charge in [-0.3, -0.25) is 4.79 Å². The molecule has 1 amide bonds. The molecular weight excluding hydrogens is 258 g/mol. The number of nitrogen functional groups attached to an aromatic ring is 1. The Morgan fingerprint density at radius 1 is 1.20 bits per heavy atom. The molecule has 0 aliphatic carbocycles. The Morgan fingerprint density at radius 3 is 2.80 bits per heavy atom. The maximum atomic E-state index is 12.1. The number of ether oxygens (including phenoxy) is 2. The fraction of sp³-hybridized carbons (Fsp3) is 0.143. The van der Waals surface area contributed by atoms with Gasteiger partial charge < -0.3 is 20.5 Å². The molecule has 0 bridgehead atoms. The second kappa shape index (κ2) is 5.08. The van der Waals surface area contributed by atoms with Crippen LogP contribution in [0.3, 0.4) is 0 Å². The molecule has 6 heteroatoms. The number of hydrogen-bond donors (Lipinski definition) is 2. The highest BCUT2D eigenvalue weighted by Gasteiger charge is 2.14. The molecule has 2 heterocycles. The molecule has 102 valence electrons. The van der Waals surface area contributed by atoms with Gasteiger partial charge in [0.05, 0.1) is 5.56 Å². The summed E-state index contributed by atoms with van der Waals surface area (Å²) in [6, 6.07) is 8.51. The number of fused-ring (bicyclic) bond motifs is 1. The minimum absolute atomic E-state index is 0.197. The third kappa shape index (κ3) is 2.35. The molecule has 1 aliphatic rings. The van der Waals surface area contributed by atoms with E-state index in [9.17, 15) is 4.79 Å². The number of nitrogens with two attached hydrogens (primary N) is 1. The number of amides is 1. The molecule has 0 fully saturated rings. The molecular formula is C14H13N3O3. The highest BCUT2D eigenvalue weighted by atomic mass is 16.6. The molecule has 1 aromatic carbocycles. The lowest BCUT2D eigenvalue weighted by atomic mass is 10.2. The second-order valence-electron chi connectivity index (χ2n) is 4.25. The number of aromatic nitrogens is 1. The van der Waals surface area contributed by atoms with Crippen LogP contribution in [0, 0.1) is 0 Å². The van der Waals surface area contributed by atoms with Crippen LogP contribution in [-0.4, -0.2) is 24.1 Å². The predicted molar refractivity (Wildman–Crippen MR) is 74.0 cm³/mol. The van der Waals surface area contributed by atoms with Gasteiger partial charge in [0, 0.05) is 18.0 Å². The minimum atomic E-state index is -0.313. The molecule has 6 nitrogen and oxygen atoms in total. The van der Waals surface area contributed by atoms with Gasteiger partial charge in [0.2, 0.25) is 0 Å². The van der Waals surface area contributed by atoms with Gasteiger partial charge in [0.15, 0.2) is 11.5 Å². The topological polar surface area (TPSA) is 86.5 Å². The highest BCUT2D eigenvalue weighted by Crippen LogP contribution is 2.32. The molecule has 0 saturated carbocycles. The van der Waals surface area contributed by atoms with E-state index in [1.165, 1.54) is 6.20 Å². The van der Waals surface area contributed by atoms with E-state index in [0.29, 0.717) is 36.0 Å². The zero-order valence-electron chi connectivity index (χ0n) is 10.6. The molecule has 1 aromatic heterocycles. The number of carbonyl (C=O) groups is 1. The molecule has 0 radical (unpaired) electrons. The summed E-state index contributed by atoms with van der Waals surface area (Å²) in [6.07, 6.45) is 1.54. The second-order valence-corrected chi connectivity index (χ2v) is 4.25. The minimum Gasteiger partial charge on any atom is -0.486 e. The van der Waals surface area contributed by atoms with Gasteiger partial charge in [0.25, 0.3) is 5.91 Å². The first-order chi connectivity index (χ1) is 9.74. The van der Waals surface area contributed by atoms with Crippen molar-refractivity contribution < 1.29 is 14.3 Å². The Kier molecular flexibility index (Phi) is 3.12. The number of nitrogens with zero attached hydrogens (tertiary/aromatic N) is 1. The van der Waals surface area contributed by atoms with Gasteiger partial charge >= 0.3 is 0 Å². The molecule has 2 aromatic rings. The number of benzene rings is 1. The van der Waals surface area contributed by atoms with Crippen molar-refractivity contribution in [2.75, 3.05) is 24.3 Å². The molecule has 20 heavy (non-hydrogen) atoms. The molecule has 0 saturated heterocycles. The van der Waals surface area contributed by atoms with Gasteiger partial charge in [-0.15, -0.1) is 0 Å². The fourth-order valence-corrected chi connectivity index (χ4v) is 1.93. The molecule has 0 atom stereocenters. The largest absolute Gasteiger partial charge is 0.486 e. The third-order valence-corrected chi connectivity index (χ3v) is 2.88. The highest BCUT2D eigenvalue weighted by molar-refractivity contribution is 6.07. The number of hydrogen-bond acceptors (Lipinski definition) is 5. The van der Waals surface area contributed by atoms with E-state index in [-0.39, 0.29) is 11.7 Å². The first-order valence-corrected chi connectivity index (χ1v) is 6.15. The van der Waals surface area contributed by atoms with E-state index in [1.54, 1.807) is 30.3 Å². The Balaban J connectivity index is 1.81. The zero-order valence-corrected chi connectivity index (χ0v) is 10.6. The van der Waals surface area contributed by atoms with E-state index in [2.05, 4.69) is 10.3 Å². The van der Waals surface area contributed by atoms with Gasteiger partial charge in [0.1, 0.15) is 19.0 Å². The Labute approximate surface area is 115 Å². The summed E-state index contributed by atoms with van der Waals surface area (Å²) in [5, 5.41) is 2.75. The summed E-state index contributed by atoms with van der Waals surface area (Å²) in [5.74, 6) is 1.18. The fourth-order valence-electron chi connectivity index (χ4n) is 1.93. The number of rotatable bonds is 2. The van der Waals surface area contributed by atoms with Crippen LogP contribution >= 0.6 is 0 Å². The standard InChI is InChI=1S/C14H13N3O3/c15-13-10(2-1-5-16-13)14(18)17-9-3-4-11-12(8-9)20-7-6-19-11/h1-5,8H,6-7H2,(H2,15,16)(H,17,18). The summed E-state index contributed by atoms with van der Waals surface area (Å²) in [4.78, 5) is 16.0. The lowest BCUT2D eigenvalue weighted by Crippen LogP contribution is -2.17. The summed E-state index contributed by atoms with van der Waals surface area (Å²) in [5.41, 5.74) is 6.62. The van der Waals surface area contributed by atoms with Crippen LogP contribution in [0.4, 0.5) is 11.5 Å². The number of nitrogens with one attached hydrogen (secondary N) is 1. The Bertz CT molecular complexity index is 658. The summed E-state index contributed by atoms with van der Waals surface area (Å²) < 4.78 is 10.9. The van der Waals surface area contributed by atoms with Crippen LogP contribution in [0.5, 0.6) is 11.5 Å². The smallest absolute Gasteiger partial charge is 0.259 e. The summed E-state index contributed by atoms with van der Waals surface area (Å²) in [7, 11) is 0. The van der Waals surface area contributed by atoms with Crippen LogP contribution < -0.4 is 20.5 Å². The quantitative estimate of drug-likeness (QED) is 0.868. The average Bonchev–Trinajstić information content (AvgIpc) is 2.47. The summed E-state index contributed by atoms with van der Waals surface area (Å²) in [6.45, 7) is 1.03. The van der Waals surface area contributed by atoms with E-state index in [1.807, 2.05) is 0 Å². The van der Waals surface area contributed by atoms with E-state index in [4.69, 9.17) is 15.2 Å². The molecule has 3 N–H and O–H groups in total. The van der Waals surface area contributed by atoms with Gasteiger partial charge in [-0.05, 0) is 24.3 Å². The van der Waals surface area contributed by atoms with Gasteiger partial charge in [-0.2, -0.15) is 0 Å². The van der Waals surface area contributed by atoms with Crippen LogP contribution in [-0.2, 0) is 0 Å². The van der Waals surface area contributed by atoms with E-state index >= 15 is 0 Å². The molecule has 0 spiro atoms. The third-order valence-electron chi connectivity index (χ3n) is 2.88. The van der Waals surface area contributed by atoms with E-state index in [0.717, 1.165) is 0 Å². The first-order valence-electron chi connectivity index (χ1n) is 6.15. The zero-order chi connectivity index (χ0) is 13.9. The maximum absolute atomic E-state index is 12.1. The normalized spacial score (nSPS) is 12.8. The van der Waals surface area contributed by atoms with Crippen LogP contribution in [0.25, 0.3) is 0 Å². The lowest BCUT2D eigenvalue weighted by Gasteiger charge is -2.19. The van der Waals surface area contributed by atoms with Crippen molar-refractivity contribution >= 4 is 17.4 Å². The van der Waals surface area contributed by atoms with Gasteiger partial charge in [-0.25, -0.2) is 4.98 Å². The average molecular weight is 271 g/mol. The van der Waals surface area contributed by atoms with Crippen molar-refractivity contribution in [2.45, 2.75) is 0 Å².